The Bertz CT molecular complexity index is 812. The number of hydrogen-bond donors (Lipinski definition) is 1. The van der Waals surface area contributed by atoms with Crippen LogP contribution >= 0.6 is 0 Å². The zero-order chi connectivity index (χ0) is 16.6. The van der Waals surface area contributed by atoms with Crippen molar-refractivity contribution >= 4 is 23.4 Å². The number of allylic oxidation sites excluding steroid dienone is 1. The van der Waals surface area contributed by atoms with Crippen LogP contribution in [0.25, 0.3) is 11.6 Å². The number of carbonyl (C=O) groups is 1. The van der Waals surface area contributed by atoms with Crippen molar-refractivity contribution < 1.29 is 9.53 Å². The van der Waals surface area contributed by atoms with Crippen LogP contribution in [0.1, 0.15) is 39.7 Å². The van der Waals surface area contributed by atoms with E-state index in [9.17, 15) is 4.79 Å². The maximum Gasteiger partial charge on any atom is 0.339 e. The Balaban J connectivity index is 2.10. The summed E-state index contributed by atoms with van der Waals surface area (Å²) >= 11 is 0. The van der Waals surface area contributed by atoms with Crippen LogP contribution in [0.2, 0.25) is 0 Å². The van der Waals surface area contributed by atoms with Crippen LogP contribution in [0.5, 0.6) is 0 Å². The molecular formula is C18H19N3O2. The first-order valence-electron chi connectivity index (χ1n) is 7.51. The van der Waals surface area contributed by atoms with E-state index in [1.54, 1.807) is 12.4 Å². The number of esters is 1. The normalized spacial score (nSPS) is 16.5. The number of aromatic nitrogens is 2. The van der Waals surface area contributed by atoms with E-state index in [1.807, 2.05) is 19.1 Å². The number of fused-ring (bicyclic) bond motifs is 1. The second kappa shape index (κ2) is 5.83. The monoisotopic (exact) mass is 309 g/mol. The van der Waals surface area contributed by atoms with Crippen LogP contribution in [0.15, 0.2) is 24.5 Å². The van der Waals surface area contributed by atoms with Crippen molar-refractivity contribution in [2.24, 2.45) is 5.92 Å². The van der Waals surface area contributed by atoms with Crippen molar-refractivity contribution in [3.63, 3.8) is 0 Å². The highest BCUT2D eigenvalue weighted by Gasteiger charge is 2.22. The first kappa shape index (κ1) is 15.2. The summed E-state index contributed by atoms with van der Waals surface area (Å²) in [5.41, 5.74) is 11.5. The van der Waals surface area contributed by atoms with Crippen molar-refractivity contribution in [2.45, 2.75) is 20.3 Å². The Morgan fingerprint density at radius 1 is 1.30 bits per heavy atom. The summed E-state index contributed by atoms with van der Waals surface area (Å²) in [6.45, 7) is 4.11. The van der Waals surface area contributed by atoms with E-state index < -0.39 is 0 Å². The Kier molecular flexibility index (Phi) is 3.86. The molecule has 0 spiro atoms. The first-order valence-corrected chi connectivity index (χ1v) is 7.51. The number of nitrogens with zero attached hydrogens (tertiary/aromatic N) is 2. The van der Waals surface area contributed by atoms with Gasteiger partial charge in [0.15, 0.2) is 0 Å². The molecule has 0 aromatic carbocycles. The van der Waals surface area contributed by atoms with Crippen molar-refractivity contribution in [3.8, 4) is 0 Å². The van der Waals surface area contributed by atoms with Crippen LogP contribution < -0.4 is 5.73 Å². The molecule has 5 nitrogen and oxygen atoms in total. The summed E-state index contributed by atoms with van der Waals surface area (Å²) in [6, 6.07) is 3.78. The topological polar surface area (TPSA) is 78.1 Å². The number of carbonyl (C=O) groups excluding carboxylic acids is 1. The van der Waals surface area contributed by atoms with Gasteiger partial charge in [0, 0.05) is 23.7 Å². The van der Waals surface area contributed by atoms with Crippen molar-refractivity contribution in [3.05, 3.63) is 52.5 Å². The maximum absolute atomic E-state index is 11.8. The van der Waals surface area contributed by atoms with Crippen LogP contribution in [0.4, 0.5) is 5.82 Å². The number of methoxy groups -OCH3 is 1. The van der Waals surface area contributed by atoms with Gasteiger partial charge in [-0.3, -0.25) is 4.98 Å². The molecule has 5 heteroatoms. The molecule has 1 aliphatic carbocycles. The molecule has 23 heavy (non-hydrogen) atoms. The summed E-state index contributed by atoms with van der Waals surface area (Å²) in [5.74, 6) is 0.466. The smallest absolute Gasteiger partial charge is 0.339 e. The zero-order valence-corrected chi connectivity index (χ0v) is 13.5. The van der Waals surface area contributed by atoms with Gasteiger partial charge in [0.2, 0.25) is 0 Å². The van der Waals surface area contributed by atoms with Crippen LogP contribution in [0, 0.1) is 12.8 Å². The number of pyridine rings is 2. The van der Waals surface area contributed by atoms with E-state index in [4.69, 9.17) is 10.5 Å². The summed E-state index contributed by atoms with van der Waals surface area (Å²) in [4.78, 5) is 20.3. The lowest BCUT2D eigenvalue weighted by Gasteiger charge is -2.24. The number of ether oxygens (including phenoxy) is 1. The fraction of sp³-hybridized carbons (Fsp3) is 0.278. The van der Waals surface area contributed by atoms with Crippen molar-refractivity contribution in [1.29, 1.82) is 0 Å². The molecule has 0 radical (unpaired) electrons. The van der Waals surface area contributed by atoms with E-state index in [-0.39, 0.29) is 5.97 Å². The van der Waals surface area contributed by atoms with Gasteiger partial charge in [-0.1, -0.05) is 6.92 Å². The summed E-state index contributed by atoms with van der Waals surface area (Å²) in [5, 5.41) is 0. The molecule has 2 N–H and O–H groups in total. The fourth-order valence-electron chi connectivity index (χ4n) is 2.98. The van der Waals surface area contributed by atoms with Gasteiger partial charge in [-0.2, -0.15) is 0 Å². The molecule has 0 saturated carbocycles. The van der Waals surface area contributed by atoms with Gasteiger partial charge in [-0.05, 0) is 54.2 Å². The molecule has 1 aliphatic rings. The third-order valence-electron chi connectivity index (χ3n) is 4.23. The number of nitrogen functional groups attached to an aromatic ring is 1. The Morgan fingerprint density at radius 3 is 2.83 bits per heavy atom. The minimum Gasteiger partial charge on any atom is -0.465 e. The largest absolute Gasteiger partial charge is 0.465 e. The second-order valence-electron chi connectivity index (χ2n) is 5.86. The molecule has 2 aromatic rings. The van der Waals surface area contributed by atoms with E-state index in [2.05, 4.69) is 23.0 Å². The minimum atomic E-state index is -0.377. The zero-order valence-electron chi connectivity index (χ0n) is 13.5. The summed E-state index contributed by atoms with van der Waals surface area (Å²) in [6.07, 6.45) is 6.34. The Morgan fingerprint density at radius 2 is 2.09 bits per heavy atom. The molecular weight excluding hydrogens is 290 g/mol. The molecule has 1 atom stereocenters. The standard InChI is InChI=1S/C18H19N3O2/c1-10-4-12-7-17(19)21-8-13(12)5-15(10)16-6-14(18(22)23-3)9-20-11(16)2/h5-10H,4H2,1-3H3,(H2,19,21). The number of nitrogens with two attached hydrogens (primary N) is 1. The average Bonchev–Trinajstić information content (AvgIpc) is 2.54. The third kappa shape index (κ3) is 2.82. The van der Waals surface area contributed by atoms with E-state index in [1.165, 1.54) is 12.7 Å². The highest BCUT2D eigenvalue weighted by atomic mass is 16.5. The lowest BCUT2D eigenvalue weighted by Crippen LogP contribution is -2.12. The quantitative estimate of drug-likeness (QED) is 0.863. The molecule has 0 saturated heterocycles. The molecule has 118 valence electrons. The van der Waals surface area contributed by atoms with Crippen LogP contribution in [0.3, 0.4) is 0 Å². The second-order valence-corrected chi connectivity index (χ2v) is 5.86. The summed E-state index contributed by atoms with van der Waals surface area (Å²) in [7, 11) is 1.37. The molecule has 2 aromatic heterocycles. The molecule has 0 amide bonds. The average molecular weight is 309 g/mol. The van der Waals surface area contributed by atoms with Crippen LogP contribution in [-0.4, -0.2) is 23.0 Å². The Labute approximate surface area is 135 Å². The van der Waals surface area contributed by atoms with E-state index >= 15 is 0 Å². The Hall–Kier alpha value is -2.69. The number of anilines is 1. The molecule has 3 rings (SSSR count). The first-order chi connectivity index (χ1) is 11.0. The SMILES string of the molecule is COC(=O)c1cnc(C)c(C2=Cc3cnc(N)cc3CC2C)c1. The predicted molar refractivity (Wildman–Crippen MR) is 89.7 cm³/mol. The van der Waals surface area contributed by atoms with Gasteiger partial charge in [0.25, 0.3) is 0 Å². The third-order valence-corrected chi connectivity index (χ3v) is 4.23. The molecule has 2 heterocycles. The van der Waals surface area contributed by atoms with Gasteiger partial charge in [-0.15, -0.1) is 0 Å². The highest BCUT2D eigenvalue weighted by Crippen LogP contribution is 2.36. The van der Waals surface area contributed by atoms with E-state index in [0.717, 1.165) is 28.8 Å². The van der Waals surface area contributed by atoms with Gasteiger partial charge in [0.1, 0.15) is 5.82 Å². The fourth-order valence-corrected chi connectivity index (χ4v) is 2.98. The van der Waals surface area contributed by atoms with Gasteiger partial charge < -0.3 is 10.5 Å². The molecule has 1 unspecified atom stereocenters. The van der Waals surface area contributed by atoms with Crippen molar-refractivity contribution in [2.75, 3.05) is 12.8 Å². The van der Waals surface area contributed by atoms with Crippen molar-refractivity contribution in [1.82, 2.24) is 9.97 Å². The molecule has 0 aliphatic heterocycles. The van der Waals surface area contributed by atoms with Gasteiger partial charge in [-0.25, -0.2) is 9.78 Å². The highest BCUT2D eigenvalue weighted by molar-refractivity contribution is 5.92. The minimum absolute atomic E-state index is 0.303. The van der Waals surface area contributed by atoms with E-state index in [0.29, 0.717) is 17.3 Å². The molecule has 0 fully saturated rings. The van der Waals surface area contributed by atoms with Gasteiger partial charge >= 0.3 is 5.97 Å². The number of hydrogen-bond acceptors (Lipinski definition) is 5. The maximum atomic E-state index is 11.8. The lowest BCUT2D eigenvalue weighted by atomic mass is 9.81. The lowest BCUT2D eigenvalue weighted by molar-refractivity contribution is 0.0600. The van der Waals surface area contributed by atoms with Crippen LogP contribution in [-0.2, 0) is 11.2 Å². The predicted octanol–water partition coefficient (Wildman–Crippen LogP) is 2.89. The number of aryl methyl sites for hydroxylation is 1. The number of rotatable bonds is 2. The van der Waals surface area contributed by atoms with Gasteiger partial charge in [0.05, 0.1) is 12.7 Å². The molecule has 0 bridgehead atoms. The summed E-state index contributed by atoms with van der Waals surface area (Å²) < 4.78 is 4.79.